The molecule has 3 N–H and O–H groups in total. The molecule has 1 amide bonds. The number of anilines is 2. The van der Waals surface area contributed by atoms with Crippen LogP contribution in [0.4, 0.5) is 18.9 Å². The molecule has 4 rings (SSSR count). The molecule has 1 unspecified atom stereocenters. The Labute approximate surface area is 187 Å². The number of nitrogen functional groups attached to an aromatic ring is 1. The lowest BCUT2D eigenvalue weighted by Gasteiger charge is -2.30. The minimum Gasteiger partial charge on any atom is -0.470 e. The standard InChI is InChI=1S/C21H19F2N3O4S2/c1-21(19(27)26-20-25-11-18(24)31-20,30-17-9-4-13(22)10-16(17)23)12-2-5-14(6-3-12)32(28,29)15-7-8-15/h2-6,9-11,15H,7-8,24H2,1H3,(H,25,26,27). The van der Waals surface area contributed by atoms with Gasteiger partial charge < -0.3 is 10.5 Å². The van der Waals surface area contributed by atoms with Crippen LogP contribution < -0.4 is 15.8 Å². The van der Waals surface area contributed by atoms with E-state index < -0.39 is 33.0 Å². The van der Waals surface area contributed by atoms with E-state index >= 15 is 0 Å². The van der Waals surface area contributed by atoms with E-state index in [0.717, 1.165) is 23.5 Å². The number of amides is 1. The van der Waals surface area contributed by atoms with Crippen molar-refractivity contribution in [3.63, 3.8) is 0 Å². The van der Waals surface area contributed by atoms with Gasteiger partial charge in [-0.05, 0) is 44.0 Å². The van der Waals surface area contributed by atoms with Crippen molar-refractivity contribution in [2.24, 2.45) is 0 Å². The van der Waals surface area contributed by atoms with Crippen LogP contribution in [0.25, 0.3) is 0 Å². The first-order valence-corrected chi connectivity index (χ1v) is 12.0. The van der Waals surface area contributed by atoms with Crippen molar-refractivity contribution in [3.05, 3.63) is 65.9 Å². The van der Waals surface area contributed by atoms with Crippen LogP contribution in [0.2, 0.25) is 0 Å². The van der Waals surface area contributed by atoms with Gasteiger partial charge in [0.05, 0.1) is 16.3 Å². The second-order valence-electron chi connectivity index (χ2n) is 7.50. The maximum Gasteiger partial charge on any atom is 0.274 e. The Hall–Kier alpha value is -3.05. The number of carbonyl (C=O) groups is 1. The quantitative estimate of drug-likeness (QED) is 0.532. The van der Waals surface area contributed by atoms with Crippen LogP contribution in [0.15, 0.2) is 53.6 Å². The summed E-state index contributed by atoms with van der Waals surface area (Å²) >= 11 is 1.03. The predicted octanol–water partition coefficient (Wildman–Crippen LogP) is 3.87. The number of ether oxygens (including phenoxy) is 1. The molecule has 1 fully saturated rings. The summed E-state index contributed by atoms with van der Waals surface area (Å²) in [7, 11) is -3.43. The van der Waals surface area contributed by atoms with E-state index in [4.69, 9.17) is 10.5 Å². The van der Waals surface area contributed by atoms with Gasteiger partial charge in [0.25, 0.3) is 5.91 Å². The lowest BCUT2D eigenvalue weighted by atomic mass is 9.94. The Morgan fingerprint density at radius 3 is 2.47 bits per heavy atom. The maximum absolute atomic E-state index is 14.3. The SMILES string of the molecule is CC(Oc1ccc(F)cc1F)(C(=O)Nc1ncc(N)s1)c1ccc(S(=O)(=O)C2CC2)cc1. The second-order valence-corrected chi connectivity index (χ2v) is 10.8. The van der Waals surface area contributed by atoms with E-state index in [1.807, 2.05) is 0 Å². The third kappa shape index (κ3) is 4.30. The van der Waals surface area contributed by atoms with Gasteiger partial charge in [-0.15, -0.1) is 0 Å². The summed E-state index contributed by atoms with van der Waals surface area (Å²) in [5.74, 6) is -2.84. The summed E-state index contributed by atoms with van der Waals surface area (Å²) in [6.07, 6.45) is 2.61. The van der Waals surface area contributed by atoms with Crippen molar-refractivity contribution in [2.75, 3.05) is 11.1 Å². The van der Waals surface area contributed by atoms with E-state index in [-0.39, 0.29) is 26.6 Å². The third-order valence-corrected chi connectivity index (χ3v) is 8.10. The molecule has 1 aliphatic rings. The highest BCUT2D eigenvalue weighted by Gasteiger charge is 2.41. The molecule has 1 saturated carbocycles. The zero-order valence-electron chi connectivity index (χ0n) is 16.8. The highest BCUT2D eigenvalue weighted by molar-refractivity contribution is 7.92. The van der Waals surface area contributed by atoms with E-state index in [1.54, 1.807) is 0 Å². The van der Waals surface area contributed by atoms with Gasteiger partial charge in [-0.3, -0.25) is 10.1 Å². The molecule has 3 aromatic rings. The van der Waals surface area contributed by atoms with Gasteiger partial charge in [0.2, 0.25) is 5.60 Å². The van der Waals surface area contributed by atoms with Gasteiger partial charge in [0, 0.05) is 11.6 Å². The molecule has 168 valence electrons. The lowest BCUT2D eigenvalue weighted by molar-refractivity contribution is -0.130. The van der Waals surface area contributed by atoms with Crippen molar-refractivity contribution in [3.8, 4) is 5.75 Å². The highest BCUT2D eigenvalue weighted by atomic mass is 32.2. The van der Waals surface area contributed by atoms with Crippen LogP contribution in [0.5, 0.6) is 5.75 Å². The summed E-state index contributed by atoms with van der Waals surface area (Å²) in [6.45, 7) is 1.40. The second kappa shape index (κ2) is 8.14. The number of thiazole rings is 1. The van der Waals surface area contributed by atoms with Gasteiger partial charge >= 0.3 is 0 Å². The fraction of sp³-hybridized carbons (Fsp3) is 0.238. The molecule has 2 aromatic carbocycles. The summed E-state index contributed by atoms with van der Waals surface area (Å²) in [5, 5.41) is 2.77. The van der Waals surface area contributed by atoms with Crippen LogP contribution in [0, 0.1) is 11.6 Å². The maximum atomic E-state index is 14.3. The zero-order chi connectivity index (χ0) is 23.1. The van der Waals surface area contributed by atoms with Gasteiger partial charge in [0.1, 0.15) is 10.8 Å². The molecule has 0 saturated heterocycles. The van der Waals surface area contributed by atoms with Gasteiger partial charge in [0.15, 0.2) is 26.5 Å². The fourth-order valence-electron chi connectivity index (χ4n) is 3.11. The van der Waals surface area contributed by atoms with Crippen LogP contribution in [-0.4, -0.2) is 24.6 Å². The number of carbonyl (C=O) groups excluding carboxylic acids is 1. The molecular weight excluding hydrogens is 460 g/mol. The average Bonchev–Trinajstić information content (AvgIpc) is 3.54. The summed E-state index contributed by atoms with van der Waals surface area (Å²) in [6, 6.07) is 8.37. The molecule has 0 bridgehead atoms. The monoisotopic (exact) mass is 479 g/mol. The first-order chi connectivity index (χ1) is 15.1. The smallest absolute Gasteiger partial charge is 0.274 e. The van der Waals surface area contributed by atoms with Crippen molar-refractivity contribution >= 4 is 37.2 Å². The van der Waals surface area contributed by atoms with Gasteiger partial charge in [-0.1, -0.05) is 23.5 Å². The lowest BCUT2D eigenvalue weighted by Crippen LogP contribution is -2.43. The first-order valence-electron chi connectivity index (χ1n) is 9.61. The van der Waals surface area contributed by atoms with Gasteiger partial charge in [-0.2, -0.15) is 0 Å². The molecule has 1 heterocycles. The number of aromatic nitrogens is 1. The Kier molecular flexibility index (Phi) is 5.63. The number of halogens is 2. The zero-order valence-corrected chi connectivity index (χ0v) is 18.5. The average molecular weight is 480 g/mol. The number of nitrogens with one attached hydrogen (secondary N) is 1. The molecule has 0 radical (unpaired) electrons. The minimum absolute atomic E-state index is 0.132. The van der Waals surface area contributed by atoms with E-state index in [2.05, 4.69) is 10.3 Å². The Morgan fingerprint density at radius 2 is 1.91 bits per heavy atom. The molecule has 1 aliphatic carbocycles. The van der Waals surface area contributed by atoms with Crippen LogP contribution >= 0.6 is 11.3 Å². The van der Waals surface area contributed by atoms with Crippen molar-refractivity contribution in [1.29, 1.82) is 0 Å². The summed E-state index contributed by atoms with van der Waals surface area (Å²) in [4.78, 5) is 17.3. The summed E-state index contributed by atoms with van der Waals surface area (Å²) in [5.41, 5.74) is 4.11. The molecule has 11 heteroatoms. The fourth-order valence-corrected chi connectivity index (χ4v) is 5.34. The number of nitrogens with two attached hydrogens (primary N) is 1. The van der Waals surface area contributed by atoms with E-state index in [0.29, 0.717) is 23.9 Å². The van der Waals surface area contributed by atoms with E-state index in [9.17, 15) is 22.0 Å². The van der Waals surface area contributed by atoms with Crippen molar-refractivity contribution in [2.45, 2.75) is 35.5 Å². The van der Waals surface area contributed by atoms with Crippen molar-refractivity contribution < 1.29 is 26.7 Å². The molecular formula is C21H19F2N3O4S2. The largest absolute Gasteiger partial charge is 0.470 e. The number of benzene rings is 2. The number of hydrogen-bond donors (Lipinski definition) is 2. The molecule has 1 atom stereocenters. The molecule has 0 spiro atoms. The van der Waals surface area contributed by atoms with Crippen molar-refractivity contribution in [1.82, 2.24) is 4.98 Å². The van der Waals surface area contributed by atoms with Crippen LogP contribution in [0.3, 0.4) is 0 Å². The number of hydrogen-bond acceptors (Lipinski definition) is 7. The Bertz CT molecular complexity index is 1270. The summed E-state index contributed by atoms with van der Waals surface area (Å²) < 4.78 is 58.3. The van der Waals surface area contributed by atoms with Crippen LogP contribution in [-0.2, 0) is 20.2 Å². The topological polar surface area (TPSA) is 111 Å². The predicted molar refractivity (Wildman–Crippen MR) is 116 cm³/mol. The Balaban J connectivity index is 1.71. The number of sulfone groups is 1. The number of nitrogens with zero attached hydrogens (tertiary/aromatic N) is 1. The Morgan fingerprint density at radius 1 is 1.22 bits per heavy atom. The molecule has 1 aromatic heterocycles. The minimum atomic E-state index is -3.43. The van der Waals surface area contributed by atoms with E-state index in [1.165, 1.54) is 37.4 Å². The molecule has 32 heavy (non-hydrogen) atoms. The first kappa shape index (κ1) is 22.2. The normalized spacial score (nSPS) is 15.7. The molecule has 0 aliphatic heterocycles. The third-order valence-electron chi connectivity index (χ3n) is 5.08. The molecule has 7 nitrogen and oxygen atoms in total. The highest BCUT2D eigenvalue weighted by Crippen LogP contribution is 2.36. The van der Waals surface area contributed by atoms with Gasteiger partial charge in [-0.25, -0.2) is 22.2 Å². The van der Waals surface area contributed by atoms with Crippen LogP contribution in [0.1, 0.15) is 25.3 Å². The number of rotatable bonds is 7.